The summed E-state index contributed by atoms with van der Waals surface area (Å²) in [6, 6.07) is 13.5. The molecule has 1 N–H and O–H groups in total. The average Bonchev–Trinajstić information content (AvgIpc) is 3.02. The molecule has 158 valence electrons. The molecular formula is C22H25N3O4S. The summed E-state index contributed by atoms with van der Waals surface area (Å²) in [6.45, 7) is 0.0390. The topological polar surface area (TPSA) is 90.3 Å². The van der Waals surface area contributed by atoms with Crippen LogP contribution >= 0.6 is 0 Å². The van der Waals surface area contributed by atoms with E-state index in [-0.39, 0.29) is 24.2 Å². The molecule has 2 aromatic carbocycles. The smallest absolute Gasteiger partial charge is 0.240 e. The molecule has 7 nitrogen and oxygen atoms in total. The van der Waals surface area contributed by atoms with Crippen molar-refractivity contribution in [2.24, 2.45) is 0 Å². The monoisotopic (exact) mass is 427 g/mol. The number of carbonyl (C=O) groups excluding carboxylic acids is 1. The molecule has 0 aliphatic heterocycles. The maximum atomic E-state index is 12.8. The highest BCUT2D eigenvalue weighted by atomic mass is 32.2. The molecule has 1 aliphatic carbocycles. The van der Waals surface area contributed by atoms with Crippen LogP contribution < -0.4 is 10.1 Å². The van der Waals surface area contributed by atoms with Gasteiger partial charge in [-0.1, -0.05) is 18.2 Å². The molecule has 1 atom stereocenters. The molecule has 1 aromatic heterocycles. The zero-order chi connectivity index (χ0) is 21.3. The van der Waals surface area contributed by atoms with Crippen LogP contribution in [0, 0.1) is 0 Å². The van der Waals surface area contributed by atoms with Crippen LogP contribution in [0.4, 0.5) is 0 Å². The van der Waals surface area contributed by atoms with E-state index in [9.17, 15) is 13.2 Å². The van der Waals surface area contributed by atoms with Crippen LogP contribution in [-0.2, 0) is 39.8 Å². The van der Waals surface area contributed by atoms with Crippen LogP contribution in [0.15, 0.2) is 42.5 Å². The number of para-hydroxylation sites is 2. The molecule has 1 amide bonds. The first-order chi connectivity index (χ1) is 14.3. The summed E-state index contributed by atoms with van der Waals surface area (Å²) in [4.78, 5) is 17.3. The summed E-state index contributed by atoms with van der Waals surface area (Å²) in [6.07, 6.45) is 3.68. The lowest BCUT2D eigenvalue weighted by Crippen LogP contribution is -2.40. The number of carbonyl (C=O) groups is 1. The molecule has 4 rings (SSSR count). The molecule has 0 radical (unpaired) electrons. The molecule has 8 heteroatoms. The number of hydrogen-bond donors (Lipinski definition) is 1. The Balaban J connectivity index is 1.50. The number of rotatable bonds is 6. The first-order valence-electron chi connectivity index (χ1n) is 9.89. The van der Waals surface area contributed by atoms with Gasteiger partial charge in [-0.15, -0.1) is 0 Å². The van der Waals surface area contributed by atoms with Crippen molar-refractivity contribution >= 4 is 26.8 Å². The quantitative estimate of drug-likeness (QED) is 0.652. The molecule has 30 heavy (non-hydrogen) atoms. The number of fused-ring (bicyclic) bond motifs is 2. The van der Waals surface area contributed by atoms with Crippen LogP contribution in [0.25, 0.3) is 11.0 Å². The normalized spacial score (nSPS) is 16.3. The molecule has 1 aliphatic rings. The molecule has 0 saturated heterocycles. The number of imidazole rings is 1. The van der Waals surface area contributed by atoms with Gasteiger partial charge in [-0.25, -0.2) is 13.4 Å². The van der Waals surface area contributed by atoms with E-state index in [0.717, 1.165) is 30.5 Å². The summed E-state index contributed by atoms with van der Waals surface area (Å²) in [5, 5.41) is 3.11. The second-order valence-electron chi connectivity index (χ2n) is 7.81. The first-order valence-corrected chi connectivity index (χ1v) is 12.0. The van der Waals surface area contributed by atoms with Crippen molar-refractivity contribution in [1.82, 2.24) is 14.9 Å². The third-order valence-electron chi connectivity index (χ3n) is 5.43. The van der Waals surface area contributed by atoms with E-state index < -0.39 is 9.84 Å². The minimum atomic E-state index is -3.27. The zero-order valence-corrected chi connectivity index (χ0v) is 17.9. The number of benzene rings is 2. The van der Waals surface area contributed by atoms with Gasteiger partial charge in [-0.3, -0.25) is 4.79 Å². The Morgan fingerprint density at radius 3 is 2.80 bits per heavy atom. The fourth-order valence-electron chi connectivity index (χ4n) is 4.05. The van der Waals surface area contributed by atoms with Crippen molar-refractivity contribution in [3.8, 4) is 5.75 Å². The van der Waals surface area contributed by atoms with Gasteiger partial charge in [0, 0.05) is 12.3 Å². The fraction of sp³-hybridized carbons (Fsp3) is 0.364. The Hall–Kier alpha value is -2.87. The van der Waals surface area contributed by atoms with E-state index in [0.29, 0.717) is 11.3 Å². The van der Waals surface area contributed by atoms with Gasteiger partial charge in [-0.2, -0.15) is 0 Å². The van der Waals surface area contributed by atoms with Crippen molar-refractivity contribution in [3.05, 3.63) is 59.4 Å². The van der Waals surface area contributed by atoms with Gasteiger partial charge in [0.2, 0.25) is 5.91 Å². The van der Waals surface area contributed by atoms with Gasteiger partial charge in [0.25, 0.3) is 0 Å². The van der Waals surface area contributed by atoms with Crippen molar-refractivity contribution in [1.29, 1.82) is 0 Å². The number of aryl methyl sites for hydroxylation is 1. The average molecular weight is 428 g/mol. The minimum Gasteiger partial charge on any atom is -0.497 e. The SMILES string of the molecule is COc1ccc2c(c1)CCC(NC(=O)Cn1c(CS(C)(=O)=O)nc3ccccc31)C2. The molecular weight excluding hydrogens is 402 g/mol. The van der Waals surface area contributed by atoms with Gasteiger partial charge in [-0.05, 0) is 54.7 Å². The third-order valence-corrected chi connectivity index (χ3v) is 6.22. The first kappa shape index (κ1) is 20.4. The molecule has 1 unspecified atom stereocenters. The summed E-state index contributed by atoms with van der Waals surface area (Å²) in [5.41, 5.74) is 3.92. The van der Waals surface area contributed by atoms with Gasteiger partial charge < -0.3 is 14.6 Å². The molecule has 3 aromatic rings. The molecule has 0 spiro atoms. The second kappa shape index (κ2) is 8.10. The summed E-state index contributed by atoms with van der Waals surface area (Å²) in [7, 11) is -1.62. The predicted molar refractivity (Wildman–Crippen MR) is 115 cm³/mol. The summed E-state index contributed by atoms with van der Waals surface area (Å²) >= 11 is 0. The number of amides is 1. The minimum absolute atomic E-state index is 0.0390. The number of aromatic nitrogens is 2. The highest BCUT2D eigenvalue weighted by Crippen LogP contribution is 2.25. The Kier molecular flexibility index (Phi) is 5.51. The standard InChI is InChI=1S/C22H25N3O4S/c1-29-18-10-8-15-11-17(9-7-16(15)12-18)23-22(26)13-25-20-6-4-3-5-19(20)24-21(25)14-30(2,27)28/h3-6,8,10,12,17H,7,9,11,13-14H2,1-2H3,(H,23,26). The lowest BCUT2D eigenvalue weighted by atomic mass is 9.88. The van der Waals surface area contributed by atoms with Crippen LogP contribution in [-0.4, -0.2) is 43.3 Å². The number of ether oxygens (including phenoxy) is 1. The highest BCUT2D eigenvalue weighted by molar-refractivity contribution is 7.89. The number of nitrogens with one attached hydrogen (secondary N) is 1. The number of methoxy groups -OCH3 is 1. The third kappa shape index (κ3) is 4.48. The maximum absolute atomic E-state index is 12.8. The van der Waals surface area contributed by atoms with Crippen LogP contribution in [0.3, 0.4) is 0 Å². The van der Waals surface area contributed by atoms with E-state index in [2.05, 4.69) is 22.4 Å². The molecule has 1 heterocycles. The van der Waals surface area contributed by atoms with Crippen molar-refractivity contribution in [2.75, 3.05) is 13.4 Å². The summed E-state index contributed by atoms with van der Waals surface area (Å²) < 4.78 is 30.7. The Bertz CT molecular complexity index is 1200. The van der Waals surface area contributed by atoms with Gasteiger partial charge in [0.15, 0.2) is 9.84 Å². The van der Waals surface area contributed by atoms with E-state index in [1.807, 2.05) is 30.3 Å². The van der Waals surface area contributed by atoms with Gasteiger partial charge in [0.05, 0.1) is 18.1 Å². The Labute approximate surface area is 176 Å². The lowest BCUT2D eigenvalue weighted by molar-refractivity contribution is -0.122. The van der Waals surface area contributed by atoms with E-state index in [4.69, 9.17) is 4.74 Å². The highest BCUT2D eigenvalue weighted by Gasteiger charge is 2.22. The Morgan fingerprint density at radius 2 is 2.03 bits per heavy atom. The van der Waals surface area contributed by atoms with Crippen molar-refractivity contribution < 1.29 is 17.9 Å². The van der Waals surface area contributed by atoms with E-state index in [1.54, 1.807) is 11.7 Å². The largest absolute Gasteiger partial charge is 0.497 e. The summed E-state index contributed by atoms with van der Waals surface area (Å²) in [5.74, 6) is 0.888. The molecule has 0 fully saturated rings. The van der Waals surface area contributed by atoms with Gasteiger partial charge >= 0.3 is 0 Å². The maximum Gasteiger partial charge on any atom is 0.240 e. The van der Waals surface area contributed by atoms with Crippen molar-refractivity contribution in [2.45, 2.75) is 37.6 Å². The number of hydrogen-bond acceptors (Lipinski definition) is 5. The van der Waals surface area contributed by atoms with Gasteiger partial charge in [0.1, 0.15) is 23.9 Å². The molecule has 0 bridgehead atoms. The Morgan fingerprint density at radius 1 is 1.23 bits per heavy atom. The van der Waals surface area contributed by atoms with Crippen LogP contribution in [0.1, 0.15) is 23.4 Å². The number of sulfone groups is 1. The van der Waals surface area contributed by atoms with E-state index in [1.165, 1.54) is 17.4 Å². The van der Waals surface area contributed by atoms with Crippen LogP contribution in [0.5, 0.6) is 5.75 Å². The lowest BCUT2D eigenvalue weighted by Gasteiger charge is -2.26. The second-order valence-corrected chi connectivity index (χ2v) is 9.96. The van der Waals surface area contributed by atoms with E-state index >= 15 is 0 Å². The predicted octanol–water partition coefficient (Wildman–Crippen LogP) is 2.26. The zero-order valence-electron chi connectivity index (χ0n) is 17.1. The van der Waals surface area contributed by atoms with Crippen LogP contribution in [0.2, 0.25) is 0 Å². The molecule has 0 saturated carbocycles. The van der Waals surface area contributed by atoms with Crippen molar-refractivity contribution in [3.63, 3.8) is 0 Å². The number of nitrogens with zero attached hydrogens (tertiary/aromatic N) is 2. The fourth-order valence-corrected chi connectivity index (χ4v) is 4.73.